The van der Waals surface area contributed by atoms with E-state index in [-0.39, 0.29) is 6.04 Å². The summed E-state index contributed by atoms with van der Waals surface area (Å²) in [5.74, 6) is 6.31. The molecule has 2 nitrogen and oxygen atoms in total. The largest absolute Gasteiger partial charge is 0.271 e. The molecule has 0 aromatic heterocycles. The average molecular weight is 268 g/mol. The van der Waals surface area contributed by atoms with Crippen molar-refractivity contribution in [3.8, 4) is 0 Å². The van der Waals surface area contributed by atoms with Crippen LogP contribution >= 0.6 is 0 Å². The molecule has 2 aromatic rings. The van der Waals surface area contributed by atoms with Gasteiger partial charge in [0.25, 0.3) is 0 Å². The van der Waals surface area contributed by atoms with E-state index >= 15 is 0 Å². The average Bonchev–Trinajstić information content (AvgIpc) is 2.46. The first-order valence-electron chi connectivity index (χ1n) is 7.22. The zero-order chi connectivity index (χ0) is 14.5. The van der Waals surface area contributed by atoms with Crippen LogP contribution in [0.15, 0.2) is 48.5 Å². The molecular formula is C18H24N2. The molecule has 0 aliphatic rings. The van der Waals surface area contributed by atoms with E-state index in [9.17, 15) is 0 Å². The Kier molecular flexibility index (Phi) is 4.94. The zero-order valence-electron chi connectivity index (χ0n) is 12.6. The van der Waals surface area contributed by atoms with Gasteiger partial charge in [0.15, 0.2) is 0 Å². The third kappa shape index (κ3) is 3.47. The van der Waals surface area contributed by atoms with Crippen molar-refractivity contribution < 1.29 is 0 Å². The Labute approximate surface area is 122 Å². The fourth-order valence-corrected chi connectivity index (χ4v) is 2.45. The fraction of sp³-hybridized carbons (Fsp3) is 0.333. The van der Waals surface area contributed by atoms with Crippen LogP contribution in [0.3, 0.4) is 0 Å². The Bertz CT molecular complexity index is 544. The summed E-state index contributed by atoms with van der Waals surface area (Å²) in [5, 5.41) is 0. The van der Waals surface area contributed by atoms with Crippen LogP contribution in [0, 0.1) is 6.92 Å². The first-order valence-corrected chi connectivity index (χ1v) is 7.22. The molecule has 0 saturated carbocycles. The van der Waals surface area contributed by atoms with Crippen LogP contribution in [0.1, 0.15) is 48.1 Å². The molecule has 2 heteroatoms. The van der Waals surface area contributed by atoms with E-state index in [1.165, 1.54) is 22.3 Å². The smallest absolute Gasteiger partial charge is 0.0500 e. The molecule has 2 aromatic carbocycles. The number of benzene rings is 2. The molecule has 2 rings (SSSR count). The van der Waals surface area contributed by atoms with Crippen molar-refractivity contribution in [2.24, 2.45) is 5.84 Å². The second-order valence-corrected chi connectivity index (χ2v) is 5.67. The number of aryl methyl sites for hydroxylation is 1. The molecule has 0 spiro atoms. The van der Waals surface area contributed by atoms with E-state index < -0.39 is 0 Å². The summed E-state index contributed by atoms with van der Waals surface area (Å²) in [6, 6.07) is 17.4. The monoisotopic (exact) mass is 268 g/mol. The maximum absolute atomic E-state index is 5.75. The third-order valence-electron chi connectivity index (χ3n) is 3.89. The Morgan fingerprint density at radius 1 is 0.950 bits per heavy atom. The van der Waals surface area contributed by atoms with Gasteiger partial charge >= 0.3 is 0 Å². The lowest BCUT2D eigenvalue weighted by Crippen LogP contribution is -2.29. The summed E-state index contributed by atoms with van der Waals surface area (Å²) in [5.41, 5.74) is 8.19. The highest BCUT2D eigenvalue weighted by atomic mass is 15.2. The van der Waals surface area contributed by atoms with Crippen molar-refractivity contribution in [3.05, 3.63) is 70.8 Å². The maximum Gasteiger partial charge on any atom is 0.0500 e. The molecule has 0 aliphatic heterocycles. The van der Waals surface area contributed by atoms with E-state index in [1.807, 2.05) is 0 Å². The van der Waals surface area contributed by atoms with Crippen LogP contribution in [0.4, 0.5) is 0 Å². The standard InChI is InChI=1S/C18H24N2/c1-13(2)15-8-10-16(11-9-15)18(20-19)12-17-7-5-4-6-14(17)3/h4-11,13,18,20H,12,19H2,1-3H3. The number of hydrogen-bond donors (Lipinski definition) is 2. The van der Waals surface area contributed by atoms with Crippen LogP contribution < -0.4 is 11.3 Å². The van der Waals surface area contributed by atoms with Gasteiger partial charge in [0.2, 0.25) is 0 Å². The Hall–Kier alpha value is -1.64. The Morgan fingerprint density at radius 3 is 2.10 bits per heavy atom. The fourth-order valence-electron chi connectivity index (χ4n) is 2.45. The molecule has 3 N–H and O–H groups in total. The van der Waals surface area contributed by atoms with E-state index in [0.29, 0.717) is 5.92 Å². The normalized spacial score (nSPS) is 12.7. The minimum absolute atomic E-state index is 0.150. The number of hydrazine groups is 1. The lowest BCUT2D eigenvalue weighted by molar-refractivity contribution is 0.550. The molecule has 0 aliphatic carbocycles. The number of hydrogen-bond acceptors (Lipinski definition) is 2. The second kappa shape index (κ2) is 6.69. The molecule has 20 heavy (non-hydrogen) atoms. The SMILES string of the molecule is Cc1ccccc1CC(NN)c1ccc(C(C)C)cc1. The van der Waals surface area contributed by atoms with Crippen molar-refractivity contribution in [3.63, 3.8) is 0 Å². The topological polar surface area (TPSA) is 38.0 Å². The van der Waals surface area contributed by atoms with E-state index in [4.69, 9.17) is 5.84 Å². The third-order valence-corrected chi connectivity index (χ3v) is 3.89. The quantitative estimate of drug-likeness (QED) is 0.638. The van der Waals surface area contributed by atoms with Crippen molar-refractivity contribution in [2.45, 2.75) is 39.2 Å². The number of nitrogens with one attached hydrogen (secondary N) is 1. The van der Waals surface area contributed by atoms with E-state index in [2.05, 4.69) is 74.7 Å². The van der Waals surface area contributed by atoms with E-state index in [0.717, 1.165) is 6.42 Å². The van der Waals surface area contributed by atoms with Crippen molar-refractivity contribution >= 4 is 0 Å². The summed E-state index contributed by atoms with van der Waals surface area (Å²) in [4.78, 5) is 0. The molecule has 106 valence electrons. The Morgan fingerprint density at radius 2 is 1.55 bits per heavy atom. The molecular weight excluding hydrogens is 244 g/mol. The van der Waals surface area contributed by atoms with Gasteiger partial charge in [0, 0.05) is 6.04 Å². The predicted octanol–water partition coefficient (Wildman–Crippen LogP) is 3.87. The van der Waals surface area contributed by atoms with Crippen molar-refractivity contribution in [1.82, 2.24) is 5.43 Å². The van der Waals surface area contributed by atoms with Gasteiger partial charge in [-0.15, -0.1) is 0 Å². The summed E-state index contributed by atoms with van der Waals surface area (Å²) in [7, 11) is 0. The summed E-state index contributed by atoms with van der Waals surface area (Å²) < 4.78 is 0. The van der Waals surface area contributed by atoms with Gasteiger partial charge < -0.3 is 0 Å². The number of nitrogens with two attached hydrogens (primary N) is 1. The molecule has 0 radical (unpaired) electrons. The molecule has 0 heterocycles. The second-order valence-electron chi connectivity index (χ2n) is 5.67. The first kappa shape index (κ1) is 14.8. The van der Waals surface area contributed by atoms with Crippen molar-refractivity contribution in [2.75, 3.05) is 0 Å². The van der Waals surface area contributed by atoms with Crippen LogP contribution in [0.2, 0.25) is 0 Å². The zero-order valence-corrected chi connectivity index (χ0v) is 12.6. The molecule has 0 fully saturated rings. The van der Waals surface area contributed by atoms with Gasteiger partial charge in [-0.3, -0.25) is 11.3 Å². The summed E-state index contributed by atoms with van der Waals surface area (Å²) in [6.45, 7) is 6.56. The maximum atomic E-state index is 5.75. The minimum Gasteiger partial charge on any atom is -0.271 e. The Balaban J connectivity index is 2.18. The summed E-state index contributed by atoms with van der Waals surface area (Å²) >= 11 is 0. The van der Waals surface area contributed by atoms with Gasteiger partial charge in [0.1, 0.15) is 0 Å². The van der Waals surface area contributed by atoms with Crippen LogP contribution in [-0.2, 0) is 6.42 Å². The summed E-state index contributed by atoms with van der Waals surface area (Å²) in [6.07, 6.45) is 0.907. The van der Waals surface area contributed by atoms with Gasteiger partial charge in [-0.05, 0) is 41.5 Å². The molecule has 0 saturated heterocycles. The highest BCUT2D eigenvalue weighted by molar-refractivity contribution is 5.31. The highest BCUT2D eigenvalue weighted by Gasteiger charge is 2.12. The predicted molar refractivity (Wildman–Crippen MR) is 85.5 cm³/mol. The number of rotatable bonds is 5. The molecule has 0 bridgehead atoms. The van der Waals surface area contributed by atoms with E-state index in [1.54, 1.807) is 0 Å². The van der Waals surface area contributed by atoms with Gasteiger partial charge in [-0.25, -0.2) is 0 Å². The molecule has 0 amide bonds. The molecule has 1 unspecified atom stereocenters. The highest BCUT2D eigenvalue weighted by Crippen LogP contribution is 2.22. The van der Waals surface area contributed by atoms with Crippen LogP contribution in [0.5, 0.6) is 0 Å². The van der Waals surface area contributed by atoms with Crippen molar-refractivity contribution in [1.29, 1.82) is 0 Å². The van der Waals surface area contributed by atoms with Crippen LogP contribution in [0.25, 0.3) is 0 Å². The first-order chi connectivity index (χ1) is 9.61. The van der Waals surface area contributed by atoms with Crippen LogP contribution in [-0.4, -0.2) is 0 Å². The minimum atomic E-state index is 0.150. The van der Waals surface area contributed by atoms with Gasteiger partial charge in [-0.2, -0.15) is 0 Å². The molecule has 1 atom stereocenters. The van der Waals surface area contributed by atoms with Gasteiger partial charge in [-0.1, -0.05) is 62.4 Å². The lowest BCUT2D eigenvalue weighted by atomic mass is 9.94. The lowest BCUT2D eigenvalue weighted by Gasteiger charge is -2.18. The van der Waals surface area contributed by atoms with Gasteiger partial charge in [0.05, 0.1) is 0 Å².